The molecule has 20 heavy (non-hydrogen) atoms. The average molecular weight is 289 g/mol. The molecule has 0 aliphatic heterocycles. The first kappa shape index (κ1) is 16.3. The lowest BCUT2D eigenvalue weighted by Gasteiger charge is -2.06. The van der Waals surface area contributed by atoms with E-state index in [-0.39, 0.29) is 0 Å². The Hall–Kier alpha value is -1.79. The molecule has 1 aromatic heterocycles. The van der Waals surface area contributed by atoms with E-state index in [0.717, 1.165) is 12.3 Å². The second kappa shape index (κ2) is 7.12. The summed E-state index contributed by atoms with van der Waals surface area (Å²) in [6.45, 7) is 5.84. The van der Waals surface area contributed by atoms with Crippen molar-refractivity contribution in [2.24, 2.45) is 0 Å². The molecule has 0 unspecified atom stereocenters. The molecule has 0 radical (unpaired) electrons. The molecular weight excluding hydrogens is 273 g/mol. The van der Waals surface area contributed by atoms with Gasteiger partial charge in [0.2, 0.25) is 5.52 Å². The maximum absolute atomic E-state index is 9.75. The topological polar surface area (TPSA) is 13.1 Å². The summed E-state index contributed by atoms with van der Waals surface area (Å²) < 4.78 is 46.8. The van der Waals surface area contributed by atoms with E-state index in [1.165, 1.54) is 10.9 Å². The average Bonchev–Trinajstić information content (AvgIpc) is 2.37. The Morgan fingerprint density at radius 1 is 1.05 bits per heavy atom. The van der Waals surface area contributed by atoms with Gasteiger partial charge in [-0.1, -0.05) is 12.1 Å². The first-order valence-electron chi connectivity index (χ1n) is 6.28. The van der Waals surface area contributed by atoms with Crippen molar-refractivity contribution in [3.63, 3.8) is 0 Å². The zero-order valence-corrected chi connectivity index (χ0v) is 11.3. The van der Waals surface area contributed by atoms with Crippen LogP contribution < -0.4 is 9.30 Å². The van der Waals surface area contributed by atoms with Gasteiger partial charge in [0.05, 0.1) is 12.0 Å². The fourth-order valence-electron chi connectivity index (χ4n) is 1.82. The van der Waals surface area contributed by atoms with Gasteiger partial charge < -0.3 is 22.0 Å². The van der Waals surface area contributed by atoms with Crippen LogP contribution >= 0.6 is 0 Å². The highest BCUT2D eigenvalue weighted by atomic mass is 19.5. The largest absolute Gasteiger partial charge is 0.673 e. The van der Waals surface area contributed by atoms with Crippen LogP contribution in [0.25, 0.3) is 10.9 Å². The van der Waals surface area contributed by atoms with Crippen molar-refractivity contribution in [3.8, 4) is 5.75 Å². The van der Waals surface area contributed by atoms with Gasteiger partial charge >= 0.3 is 7.25 Å². The Kier molecular flexibility index (Phi) is 5.79. The summed E-state index contributed by atoms with van der Waals surface area (Å²) in [4.78, 5) is 0. The van der Waals surface area contributed by atoms with E-state index < -0.39 is 7.25 Å². The SMILES string of the molecule is CCOc1cc[n+](CC)c2ccccc12.F[B-](F)(F)F. The Balaban J connectivity index is 0.000000347. The maximum Gasteiger partial charge on any atom is 0.673 e. The van der Waals surface area contributed by atoms with Crippen molar-refractivity contribution in [2.45, 2.75) is 20.4 Å². The lowest BCUT2D eigenvalue weighted by Crippen LogP contribution is -2.32. The minimum Gasteiger partial charge on any atom is -0.493 e. The van der Waals surface area contributed by atoms with Crippen LogP contribution in [0, 0.1) is 0 Å². The molecule has 0 saturated heterocycles. The predicted molar refractivity (Wildman–Crippen MR) is 71.2 cm³/mol. The molecule has 0 amide bonds. The molecule has 0 saturated carbocycles. The number of rotatable bonds is 3. The summed E-state index contributed by atoms with van der Waals surface area (Å²) >= 11 is 0. The highest BCUT2D eigenvalue weighted by molar-refractivity contribution is 6.50. The Labute approximate surface area is 115 Å². The van der Waals surface area contributed by atoms with E-state index in [0.29, 0.717) is 6.61 Å². The molecule has 1 heterocycles. The van der Waals surface area contributed by atoms with Crippen molar-refractivity contribution in [1.29, 1.82) is 0 Å². The number of halogens is 4. The van der Waals surface area contributed by atoms with Crippen LogP contribution in [-0.2, 0) is 6.54 Å². The highest BCUT2D eigenvalue weighted by Gasteiger charge is 2.20. The van der Waals surface area contributed by atoms with Crippen molar-refractivity contribution in [2.75, 3.05) is 6.61 Å². The van der Waals surface area contributed by atoms with E-state index in [1.807, 2.05) is 19.1 Å². The van der Waals surface area contributed by atoms with Crippen molar-refractivity contribution in [3.05, 3.63) is 36.5 Å². The molecule has 0 spiro atoms. The van der Waals surface area contributed by atoms with Gasteiger partial charge in [-0.2, -0.15) is 4.57 Å². The van der Waals surface area contributed by atoms with Crippen LogP contribution in [0.1, 0.15) is 13.8 Å². The monoisotopic (exact) mass is 289 g/mol. The number of pyridine rings is 1. The van der Waals surface area contributed by atoms with Crippen molar-refractivity contribution < 1.29 is 26.6 Å². The highest BCUT2D eigenvalue weighted by Crippen LogP contribution is 2.22. The smallest absolute Gasteiger partial charge is 0.493 e. The molecule has 0 aliphatic rings. The summed E-state index contributed by atoms with van der Waals surface area (Å²) in [5.41, 5.74) is 1.23. The van der Waals surface area contributed by atoms with Crippen LogP contribution in [0.15, 0.2) is 36.5 Å². The summed E-state index contributed by atoms with van der Waals surface area (Å²) in [5.74, 6) is 0.970. The van der Waals surface area contributed by atoms with Gasteiger partial charge in [0, 0.05) is 12.1 Å². The molecule has 0 aliphatic carbocycles. The van der Waals surface area contributed by atoms with E-state index >= 15 is 0 Å². The van der Waals surface area contributed by atoms with Gasteiger partial charge in [0.25, 0.3) is 0 Å². The summed E-state index contributed by atoms with van der Waals surface area (Å²) in [6, 6.07) is 10.4. The first-order valence-corrected chi connectivity index (χ1v) is 6.28. The number of para-hydroxylation sites is 1. The molecule has 2 aromatic rings. The minimum absolute atomic E-state index is 0.708. The number of ether oxygens (including phenoxy) is 1. The molecule has 2 nitrogen and oxygen atoms in total. The number of nitrogens with zero attached hydrogens (tertiary/aromatic N) is 1. The number of fused-ring (bicyclic) bond motifs is 1. The van der Waals surface area contributed by atoms with E-state index in [1.54, 1.807) is 0 Å². The summed E-state index contributed by atoms with van der Waals surface area (Å²) in [5, 5.41) is 1.18. The second-order valence-electron chi connectivity index (χ2n) is 3.91. The van der Waals surface area contributed by atoms with Crippen molar-refractivity contribution >= 4 is 18.2 Å². The summed E-state index contributed by atoms with van der Waals surface area (Å²) in [6.07, 6.45) is 2.08. The van der Waals surface area contributed by atoms with Crippen LogP contribution in [0.3, 0.4) is 0 Å². The van der Waals surface area contributed by atoms with Crippen LogP contribution in [0.2, 0.25) is 0 Å². The molecule has 0 N–H and O–H groups in total. The Morgan fingerprint density at radius 2 is 1.65 bits per heavy atom. The standard InChI is InChI=1S/C13H16NO.BF4/c1-3-14-10-9-13(15-4-2)11-7-5-6-8-12(11)14;2-1(3,4)5/h5-10H,3-4H2,1-2H3;/q+1;-1. The molecule has 1 aromatic carbocycles. The van der Waals surface area contributed by atoms with E-state index in [9.17, 15) is 17.3 Å². The third-order valence-electron chi connectivity index (χ3n) is 2.53. The van der Waals surface area contributed by atoms with Gasteiger partial charge in [-0.15, -0.1) is 0 Å². The third kappa shape index (κ3) is 5.07. The fraction of sp³-hybridized carbons (Fsp3) is 0.308. The molecule has 7 heteroatoms. The molecule has 0 atom stereocenters. The quantitative estimate of drug-likeness (QED) is 0.475. The van der Waals surface area contributed by atoms with Crippen LogP contribution in [0.4, 0.5) is 17.3 Å². The molecule has 0 bridgehead atoms. The van der Waals surface area contributed by atoms with Gasteiger partial charge in [0.1, 0.15) is 12.3 Å². The third-order valence-corrected chi connectivity index (χ3v) is 2.53. The minimum atomic E-state index is -6.00. The fourth-order valence-corrected chi connectivity index (χ4v) is 1.82. The first-order chi connectivity index (χ1) is 9.36. The van der Waals surface area contributed by atoms with E-state index in [2.05, 4.69) is 35.9 Å². The summed E-state index contributed by atoms with van der Waals surface area (Å²) in [7, 11) is -6.00. The Bertz CT molecular complexity index is 554. The normalized spacial score (nSPS) is 10.9. The Morgan fingerprint density at radius 3 is 2.20 bits per heavy atom. The maximum atomic E-state index is 9.75. The molecule has 2 rings (SSSR count). The molecule has 110 valence electrons. The van der Waals surface area contributed by atoms with Gasteiger partial charge in [-0.05, 0) is 19.9 Å². The van der Waals surface area contributed by atoms with Crippen LogP contribution in [-0.4, -0.2) is 13.9 Å². The number of benzene rings is 1. The lowest BCUT2D eigenvalue weighted by molar-refractivity contribution is -0.667. The lowest BCUT2D eigenvalue weighted by atomic mass is 10.2. The number of hydrogen-bond acceptors (Lipinski definition) is 1. The van der Waals surface area contributed by atoms with Gasteiger partial charge in [-0.3, -0.25) is 0 Å². The number of aryl methyl sites for hydroxylation is 1. The van der Waals surface area contributed by atoms with Crippen LogP contribution in [0.5, 0.6) is 5.75 Å². The zero-order valence-electron chi connectivity index (χ0n) is 11.3. The zero-order chi connectivity index (χ0) is 15.2. The second-order valence-corrected chi connectivity index (χ2v) is 3.91. The molecule has 0 fully saturated rings. The molecular formula is C13H16BF4NO. The number of hydrogen-bond donors (Lipinski definition) is 0. The van der Waals surface area contributed by atoms with E-state index in [4.69, 9.17) is 4.74 Å². The van der Waals surface area contributed by atoms with Crippen molar-refractivity contribution in [1.82, 2.24) is 0 Å². The van der Waals surface area contributed by atoms with Gasteiger partial charge in [0.15, 0.2) is 6.20 Å². The predicted octanol–water partition coefficient (Wildman–Crippen LogP) is 3.85. The number of aromatic nitrogens is 1. The van der Waals surface area contributed by atoms with Gasteiger partial charge in [-0.25, -0.2) is 0 Å².